The first-order chi connectivity index (χ1) is 12.8. The van der Waals surface area contributed by atoms with Gasteiger partial charge in [-0.3, -0.25) is 0 Å². The lowest BCUT2D eigenvalue weighted by Crippen LogP contribution is -2.41. The Morgan fingerprint density at radius 3 is 2.69 bits per heavy atom. The molecular formula is C19H27N3O4. The van der Waals surface area contributed by atoms with Crippen molar-refractivity contribution in [3.63, 3.8) is 0 Å². The van der Waals surface area contributed by atoms with Crippen LogP contribution < -0.4 is 24.8 Å². The molecule has 0 aliphatic carbocycles. The Morgan fingerprint density at radius 1 is 1.15 bits per heavy atom. The molecule has 0 bridgehead atoms. The molecule has 1 fully saturated rings. The Labute approximate surface area is 154 Å². The van der Waals surface area contributed by atoms with Gasteiger partial charge in [-0.25, -0.2) is 0 Å². The molecule has 26 heavy (non-hydrogen) atoms. The highest BCUT2D eigenvalue weighted by molar-refractivity contribution is 6.06. The van der Waals surface area contributed by atoms with Crippen molar-refractivity contribution < 1.29 is 19.0 Å². The van der Waals surface area contributed by atoms with E-state index in [0.29, 0.717) is 18.1 Å². The van der Waals surface area contributed by atoms with E-state index < -0.39 is 0 Å². The van der Waals surface area contributed by atoms with E-state index in [1.807, 2.05) is 12.1 Å². The van der Waals surface area contributed by atoms with Crippen molar-refractivity contribution >= 4 is 5.71 Å². The predicted octanol–water partition coefficient (Wildman–Crippen LogP) is 1.40. The van der Waals surface area contributed by atoms with E-state index in [0.717, 1.165) is 49.1 Å². The SMILES string of the molecule is COc1cc2c(cc1OC)C1=NOC(CNCC3CCNCC3)C1CO2. The summed E-state index contributed by atoms with van der Waals surface area (Å²) in [7, 11) is 3.25. The fourth-order valence-corrected chi connectivity index (χ4v) is 3.93. The van der Waals surface area contributed by atoms with Crippen molar-refractivity contribution in [2.24, 2.45) is 17.0 Å². The summed E-state index contributed by atoms with van der Waals surface area (Å²) >= 11 is 0. The summed E-state index contributed by atoms with van der Waals surface area (Å²) in [6, 6.07) is 3.78. The van der Waals surface area contributed by atoms with E-state index >= 15 is 0 Å². The van der Waals surface area contributed by atoms with Gasteiger partial charge in [-0.1, -0.05) is 5.16 Å². The van der Waals surface area contributed by atoms with Crippen molar-refractivity contribution in [1.29, 1.82) is 0 Å². The minimum Gasteiger partial charge on any atom is -0.493 e. The number of hydrogen-bond donors (Lipinski definition) is 2. The van der Waals surface area contributed by atoms with Gasteiger partial charge in [0.2, 0.25) is 0 Å². The summed E-state index contributed by atoms with van der Waals surface area (Å²) in [4.78, 5) is 5.74. The van der Waals surface area contributed by atoms with Gasteiger partial charge in [0.25, 0.3) is 0 Å². The summed E-state index contributed by atoms with van der Waals surface area (Å²) in [5, 5.41) is 11.3. The molecule has 4 rings (SSSR count). The van der Waals surface area contributed by atoms with Gasteiger partial charge in [0, 0.05) is 18.2 Å². The van der Waals surface area contributed by atoms with Crippen LogP contribution in [-0.2, 0) is 4.84 Å². The monoisotopic (exact) mass is 361 g/mol. The summed E-state index contributed by atoms with van der Waals surface area (Å²) in [5.74, 6) is 2.99. The molecule has 3 aliphatic heterocycles. The molecule has 1 aromatic carbocycles. The standard InChI is InChI=1S/C19H27N3O4/c1-23-16-7-13-15(8-17(16)24-2)25-11-14-18(26-22-19(13)14)10-21-9-12-3-5-20-6-4-12/h7-8,12,14,18,20-21H,3-6,9-11H2,1-2H3. The van der Waals surface area contributed by atoms with E-state index in [9.17, 15) is 0 Å². The largest absolute Gasteiger partial charge is 0.493 e. The van der Waals surface area contributed by atoms with E-state index in [1.165, 1.54) is 12.8 Å². The van der Waals surface area contributed by atoms with Crippen molar-refractivity contribution in [3.8, 4) is 17.2 Å². The number of ether oxygens (including phenoxy) is 3. The van der Waals surface area contributed by atoms with Gasteiger partial charge in [-0.2, -0.15) is 0 Å². The molecule has 3 heterocycles. The molecule has 7 heteroatoms. The second-order valence-corrected chi connectivity index (χ2v) is 7.09. The van der Waals surface area contributed by atoms with Crippen LogP contribution in [0.1, 0.15) is 18.4 Å². The maximum absolute atomic E-state index is 5.97. The number of fused-ring (bicyclic) bond motifs is 3. The van der Waals surface area contributed by atoms with Crippen LogP contribution in [0, 0.1) is 11.8 Å². The van der Waals surface area contributed by atoms with E-state index in [4.69, 9.17) is 19.0 Å². The normalized spacial score (nSPS) is 24.8. The zero-order valence-electron chi connectivity index (χ0n) is 15.4. The fraction of sp³-hybridized carbons (Fsp3) is 0.632. The average molecular weight is 361 g/mol. The second-order valence-electron chi connectivity index (χ2n) is 7.09. The zero-order valence-corrected chi connectivity index (χ0v) is 15.4. The van der Waals surface area contributed by atoms with E-state index in [2.05, 4.69) is 15.8 Å². The summed E-state index contributed by atoms with van der Waals surface area (Å²) in [6.07, 6.45) is 2.48. The molecule has 0 saturated carbocycles. The molecule has 0 radical (unpaired) electrons. The lowest BCUT2D eigenvalue weighted by atomic mass is 9.90. The van der Waals surface area contributed by atoms with Gasteiger partial charge in [0.15, 0.2) is 17.6 Å². The number of rotatable bonds is 6. The van der Waals surface area contributed by atoms with Gasteiger partial charge in [0.05, 0.1) is 20.1 Å². The van der Waals surface area contributed by atoms with Crippen LogP contribution >= 0.6 is 0 Å². The Bertz CT molecular complexity index is 673. The third kappa shape index (κ3) is 3.33. The van der Waals surface area contributed by atoms with Crippen LogP contribution in [0.4, 0.5) is 0 Å². The van der Waals surface area contributed by atoms with Gasteiger partial charge >= 0.3 is 0 Å². The molecule has 7 nitrogen and oxygen atoms in total. The van der Waals surface area contributed by atoms with Crippen molar-refractivity contribution in [3.05, 3.63) is 17.7 Å². The highest BCUT2D eigenvalue weighted by atomic mass is 16.6. The quantitative estimate of drug-likeness (QED) is 0.798. The number of benzene rings is 1. The molecule has 2 N–H and O–H groups in total. The van der Waals surface area contributed by atoms with E-state index in [-0.39, 0.29) is 12.0 Å². The molecule has 142 valence electrons. The molecule has 2 unspecified atom stereocenters. The first-order valence-electron chi connectivity index (χ1n) is 9.34. The number of nitrogens with one attached hydrogen (secondary N) is 2. The van der Waals surface area contributed by atoms with Gasteiger partial charge in [0.1, 0.15) is 18.1 Å². The zero-order chi connectivity index (χ0) is 17.9. The van der Waals surface area contributed by atoms with Gasteiger partial charge in [-0.15, -0.1) is 0 Å². The predicted molar refractivity (Wildman–Crippen MR) is 98.4 cm³/mol. The average Bonchev–Trinajstić information content (AvgIpc) is 3.11. The minimum atomic E-state index is 0.00737. The Hall–Kier alpha value is -1.99. The van der Waals surface area contributed by atoms with Crippen LogP contribution in [0.3, 0.4) is 0 Å². The number of oxime groups is 1. The number of piperidine rings is 1. The lowest BCUT2D eigenvalue weighted by Gasteiger charge is -2.27. The first kappa shape index (κ1) is 17.4. The smallest absolute Gasteiger partial charge is 0.164 e. The summed E-state index contributed by atoms with van der Waals surface area (Å²) in [5.41, 5.74) is 1.88. The van der Waals surface area contributed by atoms with Crippen LogP contribution in [0.15, 0.2) is 17.3 Å². The third-order valence-electron chi connectivity index (χ3n) is 5.50. The van der Waals surface area contributed by atoms with Crippen LogP contribution in [0.5, 0.6) is 17.2 Å². The van der Waals surface area contributed by atoms with Gasteiger partial charge in [-0.05, 0) is 44.5 Å². The Kier molecular flexibility index (Phi) is 5.17. The maximum Gasteiger partial charge on any atom is 0.164 e. The van der Waals surface area contributed by atoms with Gasteiger partial charge < -0.3 is 29.7 Å². The molecule has 0 spiro atoms. The molecule has 3 aliphatic rings. The Morgan fingerprint density at radius 2 is 1.92 bits per heavy atom. The molecule has 0 aromatic heterocycles. The second kappa shape index (κ2) is 7.72. The van der Waals surface area contributed by atoms with Crippen molar-refractivity contribution in [2.75, 3.05) is 47.0 Å². The van der Waals surface area contributed by atoms with Crippen LogP contribution in [-0.4, -0.2) is 58.8 Å². The third-order valence-corrected chi connectivity index (χ3v) is 5.50. The van der Waals surface area contributed by atoms with Crippen molar-refractivity contribution in [1.82, 2.24) is 10.6 Å². The number of nitrogens with zero attached hydrogens (tertiary/aromatic N) is 1. The highest BCUT2D eigenvalue weighted by Gasteiger charge is 2.40. The highest BCUT2D eigenvalue weighted by Crippen LogP contribution is 2.40. The van der Waals surface area contributed by atoms with E-state index in [1.54, 1.807) is 14.2 Å². The minimum absolute atomic E-state index is 0.00737. The topological polar surface area (TPSA) is 73.3 Å². The molecule has 1 saturated heterocycles. The first-order valence-corrected chi connectivity index (χ1v) is 9.34. The summed E-state index contributed by atoms with van der Waals surface area (Å²) in [6.45, 7) is 4.64. The number of hydrogen-bond acceptors (Lipinski definition) is 7. The molecule has 2 atom stereocenters. The lowest BCUT2D eigenvalue weighted by molar-refractivity contribution is 0.0483. The Balaban J connectivity index is 1.40. The molecule has 1 aromatic rings. The van der Waals surface area contributed by atoms with Crippen LogP contribution in [0.25, 0.3) is 0 Å². The van der Waals surface area contributed by atoms with Crippen molar-refractivity contribution in [2.45, 2.75) is 18.9 Å². The number of methoxy groups -OCH3 is 2. The molecular weight excluding hydrogens is 334 g/mol. The molecule has 0 amide bonds. The fourth-order valence-electron chi connectivity index (χ4n) is 3.93. The maximum atomic E-state index is 5.97. The van der Waals surface area contributed by atoms with Crippen LogP contribution in [0.2, 0.25) is 0 Å². The summed E-state index contributed by atoms with van der Waals surface area (Å²) < 4.78 is 16.7.